The van der Waals surface area contributed by atoms with Gasteiger partial charge in [0.1, 0.15) is 5.82 Å². The van der Waals surface area contributed by atoms with Gasteiger partial charge in [0.25, 0.3) is 0 Å². The Hall–Kier alpha value is -1.89. The van der Waals surface area contributed by atoms with Crippen molar-refractivity contribution in [3.05, 3.63) is 70.0 Å². The van der Waals surface area contributed by atoms with E-state index in [0.29, 0.717) is 22.7 Å². The van der Waals surface area contributed by atoms with E-state index in [2.05, 4.69) is 5.32 Å². The first-order chi connectivity index (χ1) is 9.61. The molecule has 0 radical (unpaired) electrons. The molecular weight excluding hydrogens is 275 g/mol. The van der Waals surface area contributed by atoms with Crippen LogP contribution in [-0.4, -0.2) is 0 Å². The first-order valence-electron chi connectivity index (χ1n) is 6.28. The van der Waals surface area contributed by atoms with E-state index in [1.165, 1.54) is 12.1 Å². The fraction of sp³-hybridized carbons (Fsp3) is 0.188. The van der Waals surface area contributed by atoms with Gasteiger partial charge < -0.3 is 5.32 Å². The molecular formula is C16H14ClFN2. The van der Waals surface area contributed by atoms with Gasteiger partial charge in [-0.2, -0.15) is 5.26 Å². The number of hydrogen-bond acceptors (Lipinski definition) is 2. The smallest absolute Gasteiger partial charge is 0.127 e. The SMILES string of the molecule is C[C@@H](NCc1cc(C#N)ccc1F)c1ccccc1Cl. The van der Waals surface area contributed by atoms with Crippen molar-refractivity contribution in [3.63, 3.8) is 0 Å². The van der Waals surface area contributed by atoms with Crippen LogP contribution in [0.5, 0.6) is 0 Å². The molecule has 0 aromatic heterocycles. The van der Waals surface area contributed by atoms with Crippen LogP contribution >= 0.6 is 11.6 Å². The zero-order valence-corrected chi connectivity index (χ0v) is 11.8. The van der Waals surface area contributed by atoms with E-state index in [9.17, 15) is 4.39 Å². The van der Waals surface area contributed by atoms with Crippen LogP contribution in [0.2, 0.25) is 5.02 Å². The molecule has 4 heteroatoms. The molecule has 0 saturated heterocycles. The number of benzene rings is 2. The van der Waals surface area contributed by atoms with E-state index in [-0.39, 0.29) is 11.9 Å². The molecule has 2 nitrogen and oxygen atoms in total. The number of halogens is 2. The van der Waals surface area contributed by atoms with Crippen molar-refractivity contribution >= 4 is 11.6 Å². The van der Waals surface area contributed by atoms with Crippen LogP contribution in [-0.2, 0) is 6.54 Å². The summed E-state index contributed by atoms with van der Waals surface area (Å²) in [7, 11) is 0. The molecule has 0 heterocycles. The lowest BCUT2D eigenvalue weighted by Crippen LogP contribution is -2.19. The molecule has 2 aromatic carbocycles. The van der Waals surface area contributed by atoms with Crippen molar-refractivity contribution in [1.29, 1.82) is 5.26 Å². The Bertz CT molecular complexity index is 649. The standard InChI is InChI=1S/C16H14ClFN2/c1-11(14-4-2-3-5-15(14)17)20-10-13-8-12(9-19)6-7-16(13)18/h2-8,11,20H,10H2,1H3/t11-/m1/s1. The van der Waals surface area contributed by atoms with E-state index in [4.69, 9.17) is 16.9 Å². The lowest BCUT2D eigenvalue weighted by Gasteiger charge is -2.16. The monoisotopic (exact) mass is 288 g/mol. The Kier molecular flexibility index (Phi) is 4.73. The minimum Gasteiger partial charge on any atom is -0.306 e. The zero-order chi connectivity index (χ0) is 14.5. The Morgan fingerprint density at radius 3 is 2.75 bits per heavy atom. The van der Waals surface area contributed by atoms with Crippen LogP contribution in [0.25, 0.3) is 0 Å². The Morgan fingerprint density at radius 1 is 1.30 bits per heavy atom. The van der Waals surface area contributed by atoms with Gasteiger partial charge in [-0.05, 0) is 36.8 Å². The van der Waals surface area contributed by atoms with Crippen molar-refractivity contribution < 1.29 is 4.39 Å². The molecule has 0 aliphatic heterocycles. The summed E-state index contributed by atoms with van der Waals surface area (Å²) in [6.07, 6.45) is 0. The van der Waals surface area contributed by atoms with Crippen molar-refractivity contribution in [3.8, 4) is 6.07 Å². The predicted octanol–water partition coefficient (Wildman–Crippen LogP) is 4.20. The third-order valence-electron chi connectivity index (χ3n) is 3.15. The maximum absolute atomic E-state index is 13.7. The van der Waals surface area contributed by atoms with Crippen LogP contribution in [0.1, 0.15) is 29.7 Å². The van der Waals surface area contributed by atoms with E-state index in [1.54, 1.807) is 6.07 Å². The summed E-state index contributed by atoms with van der Waals surface area (Å²) >= 11 is 6.12. The molecule has 0 spiro atoms. The molecule has 0 aliphatic carbocycles. The topological polar surface area (TPSA) is 35.8 Å². The molecule has 1 atom stereocenters. The van der Waals surface area contributed by atoms with Gasteiger partial charge in [-0.3, -0.25) is 0 Å². The van der Waals surface area contributed by atoms with Crippen molar-refractivity contribution in [1.82, 2.24) is 5.32 Å². The van der Waals surface area contributed by atoms with Crippen LogP contribution in [0, 0.1) is 17.1 Å². The number of nitrogens with one attached hydrogen (secondary N) is 1. The summed E-state index contributed by atoms with van der Waals surface area (Å²) in [6, 6.07) is 13.9. The van der Waals surface area contributed by atoms with E-state index in [0.717, 1.165) is 5.56 Å². The second kappa shape index (κ2) is 6.51. The van der Waals surface area contributed by atoms with Crippen molar-refractivity contribution in [2.24, 2.45) is 0 Å². The van der Waals surface area contributed by atoms with Crippen molar-refractivity contribution in [2.75, 3.05) is 0 Å². The third-order valence-corrected chi connectivity index (χ3v) is 3.49. The lowest BCUT2D eigenvalue weighted by atomic mass is 10.1. The van der Waals surface area contributed by atoms with Gasteiger partial charge in [-0.15, -0.1) is 0 Å². The third kappa shape index (κ3) is 3.36. The molecule has 20 heavy (non-hydrogen) atoms. The molecule has 1 N–H and O–H groups in total. The van der Waals surface area contributed by atoms with Crippen LogP contribution in [0.4, 0.5) is 4.39 Å². The highest BCUT2D eigenvalue weighted by atomic mass is 35.5. The number of nitrogens with zero attached hydrogens (tertiary/aromatic N) is 1. The molecule has 0 amide bonds. The minimum absolute atomic E-state index is 0.00570. The largest absolute Gasteiger partial charge is 0.306 e. The van der Waals surface area contributed by atoms with Gasteiger partial charge in [0.2, 0.25) is 0 Å². The second-order valence-electron chi connectivity index (χ2n) is 4.54. The van der Waals surface area contributed by atoms with Gasteiger partial charge >= 0.3 is 0 Å². The Morgan fingerprint density at radius 2 is 2.05 bits per heavy atom. The van der Waals surface area contributed by atoms with Crippen LogP contribution in [0.15, 0.2) is 42.5 Å². The summed E-state index contributed by atoms with van der Waals surface area (Å²) in [5.74, 6) is -0.317. The quantitative estimate of drug-likeness (QED) is 0.915. The van der Waals surface area contributed by atoms with Crippen LogP contribution < -0.4 is 5.32 Å². The number of nitriles is 1. The van der Waals surface area contributed by atoms with Gasteiger partial charge in [0, 0.05) is 23.2 Å². The predicted molar refractivity (Wildman–Crippen MR) is 77.8 cm³/mol. The highest BCUT2D eigenvalue weighted by Crippen LogP contribution is 2.22. The van der Waals surface area contributed by atoms with E-state index in [1.807, 2.05) is 37.3 Å². The van der Waals surface area contributed by atoms with E-state index < -0.39 is 0 Å². The van der Waals surface area contributed by atoms with Gasteiger partial charge in [0.05, 0.1) is 11.6 Å². The maximum atomic E-state index is 13.7. The molecule has 102 valence electrons. The average molecular weight is 289 g/mol. The molecule has 0 saturated carbocycles. The first kappa shape index (κ1) is 14.5. The molecule has 0 bridgehead atoms. The molecule has 0 aliphatic rings. The fourth-order valence-corrected chi connectivity index (χ4v) is 2.28. The Balaban J connectivity index is 2.09. The Labute approximate surface area is 122 Å². The van der Waals surface area contributed by atoms with Crippen molar-refractivity contribution in [2.45, 2.75) is 19.5 Å². The first-order valence-corrected chi connectivity index (χ1v) is 6.66. The summed E-state index contributed by atoms with van der Waals surface area (Å²) in [5, 5.41) is 12.7. The summed E-state index contributed by atoms with van der Waals surface area (Å²) < 4.78 is 13.7. The van der Waals surface area contributed by atoms with E-state index >= 15 is 0 Å². The fourth-order valence-electron chi connectivity index (χ4n) is 1.98. The number of hydrogen-bond donors (Lipinski definition) is 1. The van der Waals surface area contributed by atoms with Gasteiger partial charge in [-0.25, -0.2) is 4.39 Å². The average Bonchev–Trinajstić information content (AvgIpc) is 2.46. The second-order valence-corrected chi connectivity index (χ2v) is 4.95. The normalized spacial score (nSPS) is 11.9. The number of rotatable bonds is 4. The summed E-state index contributed by atoms with van der Waals surface area (Å²) in [6.45, 7) is 2.31. The summed E-state index contributed by atoms with van der Waals surface area (Å²) in [5.41, 5.74) is 1.89. The molecule has 0 unspecified atom stereocenters. The summed E-state index contributed by atoms with van der Waals surface area (Å²) in [4.78, 5) is 0. The highest BCUT2D eigenvalue weighted by Gasteiger charge is 2.10. The molecule has 0 fully saturated rings. The van der Waals surface area contributed by atoms with Gasteiger partial charge in [-0.1, -0.05) is 29.8 Å². The maximum Gasteiger partial charge on any atom is 0.127 e. The van der Waals surface area contributed by atoms with Gasteiger partial charge in [0.15, 0.2) is 0 Å². The molecule has 2 aromatic rings. The highest BCUT2D eigenvalue weighted by molar-refractivity contribution is 6.31. The molecule has 2 rings (SSSR count). The van der Waals surface area contributed by atoms with Crippen LogP contribution in [0.3, 0.4) is 0 Å². The zero-order valence-electron chi connectivity index (χ0n) is 11.0. The minimum atomic E-state index is -0.317. The lowest BCUT2D eigenvalue weighted by molar-refractivity contribution is 0.544.